The Labute approximate surface area is 129 Å². The van der Waals surface area contributed by atoms with Crippen molar-refractivity contribution in [3.8, 4) is 0 Å². The molecule has 0 radical (unpaired) electrons. The summed E-state index contributed by atoms with van der Waals surface area (Å²) in [7, 11) is 2.19. The number of piperidine rings is 1. The maximum atomic E-state index is 11.5. The lowest BCUT2D eigenvalue weighted by molar-refractivity contribution is 0.0523. The number of rotatable bonds is 6. The number of nitrogens with zero attached hydrogens (tertiary/aromatic N) is 1. The summed E-state index contributed by atoms with van der Waals surface area (Å²) >= 11 is 0. The van der Waals surface area contributed by atoms with Crippen LogP contribution >= 0.6 is 0 Å². The van der Waals surface area contributed by atoms with E-state index in [9.17, 15) is 4.79 Å². The predicted molar refractivity (Wildman–Crippen MR) is 86.5 cm³/mol. The molecule has 2 N–H and O–H groups in total. The van der Waals surface area contributed by atoms with Crippen LogP contribution in [0.3, 0.4) is 0 Å². The third kappa shape index (κ3) is 8.94. The Balaban J connectivity index is 2.06. The molecule has 0 aromatic carbocycles. The molecule has 5 nitrogen and oxygen atoms in total. The van der Waals surface area contributed by atoms with E-state index in [2.05, 4.69) is 29.5 Å². The van der Waals surface area contributed by atoms with Gasteiger partial charge in [0.05, 0.1) is 0 Å². The van der Waals surface area contributed by atoms with Crippen molar-refractivity contribution < 1.29 is 9.53 Å². The Morgan fingerprint density at radius 2 is 1.95 bits per heavy atom. The van der Waals surface area contributed by atoms with E-state index in [4.69, 9.17) is 4.74 Å². The molecular formula is C16H33N3O2. The largest absolute Gasteiger partial charge is 0.444 e. The maximum Gasteiger partial charge on any atom is 0.407 e. The minimum Gasteiger partial charge on any atom is -0.444 e. The molecule has 124 valence electrons. The minimum absolute atomic E-state index is 0.267. The summed E-state index contributed by atoms with van der Waals surface area (Å²) in [6.07, 6.45) is 3.50. The van der Waals surface area contributed by atoms with E-state index >= 15 is 0 Å². The van der Waals surface area contributed by atoms with Gasteiger partial charge in [-0.2, -0.15) is 0 Å². The van der Waals surface area contributed by atoms with Gasteiger partial charge in [0, 0.05) is 12.6 Å². The van der Waals surface area contributed by atoms with Crippen molar-refractivity contribution in [2.45, 2.75) is 58.6 Å². The van der Waals surface area contributed by atoms with Crippen molar-refractivity contribution in [1.82, 2.24) is 15.5 Å². The first kappa shape index (κ1) is 18.2. The first-order valence-corrected chi connectivity index (χ1v) is 8.15. The van der Waals surface area contributed by atoms with E-state index in [1.165, 1.54) is 32.4 Å². The number of amides is 1. The Morgan fingerprint density at radius 3 is 2.52 bits per heavy atom. The van der Waals surface area contributed by atoms with Crippen LogP contribution in [0.4, 0.5) is 4.79 Å². The van der Waals surface area contributed by atoms with E-state index in [1.54, 1.807) is 0 Å². The fourth-order valence-corrected chi connectivity index (χ4v) is 2.51. The molecule has 0 saturated carbocycles. The van der Waals surface area contributed by atoms with Crippen LogP contribution in [0.25, 0.3) is 0 Å². The van der Waals surface area contributed by atoms with E-state index < -0.39 is 5.60 Å². The van der Waals surface area contributed by atoms with Gasteiger partial charge >= 0.3 is 6.09 Å². The molecule has 1 saturated heterocycles. The number of carbonyl (C=O) groups excluding carboxylic acids is 1. The zero-order valence-electron chi connectivity index (χ0n) is 14.4. The Kier molecular flexibility index (Phi) is 7.46. The van der Waals surface area contributed by atoms with Gasteiger partial charge < -0.3 is 20.3 Å². The summed E-state index contributed by atoms with van der Waals surface area (Å²) in [5.41, 5.74) is -0.436. The van der Waals surface area contributed by atoms with Crippen molar-refractivity contribution in [3.63, 3.8) is 0 Å². The molecule has 1 aliphatic heterocycles. The average Bonchev–Trinajstić information content (AvgIpc) is 2.37. The van der Waals surface area contributed by atoms with Crippen molar-refractivity contribution in [1.29, 1.82) is 0 Å². The van der Waals surface area contributed by atoms with Gasteiger partial charge in [0.2, 0.25) is 0 Å². The molecule has 0 bridgehead atoms. The zero-order valence-corrected chi connectivity index (χ0v) is 14.4. The highest BCUT2D eigenvalue weighted by Crippen LogP contribution is 2.18. The highest BCUT2D eigenvalue weighted by molar-refractivity contribution is 5.67. The van der Waals surface area contributed by atoms with Gasteiger partial charge in [-0.25, -0.2) is 4.79 Å². The normalized spacial score (nSPS) is 19.3. The Bertz CT molecular complexity index is 307. The molecule has 0 spiro atoms. The summed E-state index contributed by atoms with van der Waals surface area (Å²) in [6, 6.07) is 0.267. The van der Waals surface area contributed by atoms with E-state index in [-0.39, 0.29) is 12.1 Å². The van der Waals surface area contributed by atoms with Crippen LogP contribution in [0, 0.1) is 5.92 Å². The highest BCUT2D eigenvalue weighted by Gasteiger charge is 2.17. The number of carbonyl (C=O) groups is 1. The third-order valence-corrected chi connectivity index (χ3v) is 3.83. The van der Waals surface area contributed by atoms with Crippen molar-refractivity contribution in [3.05, 3.63) is 0 Å². The monoisotopic (exact) mass is 299 g/mol. The van der Waals surface area contributed by atoms with Crippen molar-refractivity contribution in [2.75, 3.05) is 33.2 Å². The van der Waals surface area contributed by atoms with Gasteiger partial charge in [0.25, 0.3) is 0 Å². The molecule has 1 fully saturated rings. The second-order valence-corrected chi connectivity index (χ2v) is 7.27. The predicted octanol–water partition coefficient (Wildman–Crippen LogP) is 2.22. The summed E-state index contributed by atoms with van der Waals surface area (Å²) in [4.78, 5) is 13.9. The Hall–Kier alpha value is -0.810. The fraction of sp³-hybridized carbons (Fsp3) is 0.938. The molecule has 1 unspecified atom stereocenters. The van der Waals surface area contributed by atoms with Gasteiger partial charge in [0.1, 0.15) is 5.60 Å². The van der Waals surface area contributed by atoms with Gasteiger partial charge in [-0.3, -0.25) is 0 Å². The van der Waals surface area contributed by atoms with Crippen molar-refractivity contribution in [2.24, 2.45) is 5.92 Å². The average molecular weight is 299 g/mol. The molecule has 1 atom stereocenters. The Morgan fingerprint density at radius 1 is 1.33 bits per heavy atom. The van der Waals surface area contributed by atoms with Crippen LogP contribution in [0.5, 0.6) is 0 Å². The van der Waals surface area contributed by atoms with Crippen LogP contribution in [-0.2, 0) is 4.74 Å². The van der Waals surface area contributed by atoms with E-state index in [0.29, 0.717) is 6.54 Å². The molecule has 1 heterocycles. The molecule has 1 amide bonds. The minimum atomic E-state index is -0.436. The number of hydrogen-bond acceptors (Lipinski definition) is 4. The lowest BCUT2D eigenvalue weighted by Crippen LogP contribution is -2.42. The number of likely N-dealkylation sites (tertiary alicyclic amines) is 1. The zero-order chi connectivity index (χ0) is 15.9. The second kappa shape index (κ2) is 8.59. The van der Waals surface area contributed by atoms with E-state index in [0.717, 1.165) is 12.5 Å². The smallest absolute Gasteiger partial charge is 0.407 e. The standard InChI is InChI=1S/C16H33N3O2/c1-13(12-18-15(20)21-16(2,3)4)17-9-6-14-7-10-19(5)11-8-14/h13-14,17H,6-12H2,1-5H3,(H,18,20). The topological polar surface area (TPSA) is 53.6 Å². The first-order valence-electron chi connectivity index (χ1n) is 8.15. The van der Waals surface area contributed by atoms with Crippen molar-refractivity contribution >= 4 is 6.09 Å². The molecule has 0 aromatic heterocycles. The van der Waals surface area contributed by atoms with Gasteiger partial charge in [0.15, 0.2) is 0 Å². The van der Waals surface area contributed by atoms with Crippen LogP contribution in [0.2, 0.25) is 0 Å². The summed E-state index contributed by atoms with van der Waals surface area (Å²) in [5, 5.41) is 6.28. The van der Waals surface area contributed by atoms with Crippen LogP contribution in [0.15, 0.2) is 0 Å². The quantitative estimate of drug-likeness (QED) is 0.789. The lowest BCUT2D eigenvalue weighted by Gasteiger charge is -2.29. The number of nitrogens with one attached hydrogen (secondary N) is 2. The SMILES string of the molecule is CC(CNC(=O)OC(C)(C)C)NCCC1CCN(C)CC1. The lowest BCUT2D eigenvalue weighted by atomic mass is 9.94. The van der Waals surface area contributed by atoms with E-state index in [1.807, 2.05) is 20.8 Å². The van der Waals surface area contributed by atoms with Gasteiger partial charge in [-0.05, 0) is 79.6 Å². The summed E-state index contributed by atoms with van der Waals surface area (Å²) < 4.78 is 5.22. The van der Waals surface area contributed by atoms with Crippen LogP contribution < -0.4 is 10.6 Å². The molecule has 1 rings (SSSR count). The number of ether oxygens (including phenoxy) is 1. The molecule has 5 heteroatoms. The third-order valence-electron chi connectivity index (χ3n) is 3.83. The van der Waals surface area contributed by atoms with Crippen LogP contribution in [-0.4, -0.2) is 55.9 Å². The number of hydrogen-bond donors (Lipinski definition) is 2. The van der Waals surface area contributed by atoms with Gasteiger partial charge in [-0.15, -0.1) is 0 Å². The molecule has 21 heavy (non-hydrogen) atoms. The molecule has 0 aliphatic carbocycles. The first-order chi connectivity index (χ1) is 9.76. The summed E-state index contributed by atoms with van der Waals surface area (Å²) in [5.74, 6) is 0.847. The molecule has 0 aromatic rings. The number of alkyl carbamates (subject to hydrolysis) is 1. The fourth-order valence-electron chi connectivity index (χ4n) is 2.51. The highest BCUT2D eigenvalue weighted by atomic mass is 16.6. The maximum absolute atomic E-state index is 11.5. The molecular weight excluding hydrogens is 266 g/mol. The van der Waals surface area contributed by atoms with Crippen LogP contribution in [0.1, 0.15) is 47.0 Å². The van der Waals surface area contributed by atoms with Gasteiger partial charge in [-0.1, -0.05) is 0 Å². The molecule has 1 aliphatic rings. The summed E-state index contributed by atoms with van der Waals surface area (Å²) in [6.45, 7) is 11.8. The second-order valence-electron chi connectivity index (χ2n) is 7.27.